The van der Waals surface area contributed by atoms with Crippen molar-refractivity contribution >= 4 is 10.0 Å². The molecule has 2 aromatic carbocycles. The lowest BCUT2D eigenvalue weighted by atomic mass is 10.1. The Balaban J connectivity index is 2.26. The van der Waals surface area contributed by atoms with Gasteiger partial charge in [0.05, 0.1) is 11.4 Å². The number of primary sulfonamides is 1. The van der Waals surface area contributed by atoms with Crippen LogP contribution < -0.4 is 5.14 Å². The second-order valence-electron chi connectivity index (χ2n) is 5.31. The first-order valence-corrected chi connectivity index (χ1v) is 8.69. The van der Waals surface area contributed by atoms with E-state index in [1.54, 1.807) is 30.3 Å². The number of nitrogens with two attached hydrogens (primary N) is 1. The standard InChI is InChI=1S/C16H11F4N3O2S/c17-11-7-15(26(21,24)25)12(18)6-10(11)14-8-13(16(19)20)22-23(14)9-4-2-1-3-5-9/h1-8,16H,(H2,21,24,25). The molecule has 0 bridgehead atoms. The van der Waals surface area contributed by atoms with Crippen LogP contribution in [0.1, 0.15) is 12.1 Å². The number of hydrogen-bond acceptors (Lipinski definition) is 3. The number of aromatic nitrogens is 2. The highest BCUT2D eigenvalue weighted by atomic mass is 32.2. The Kier molecular flexibility index (Phi) is 4.55. The first-order valence-electron chi connectivity index (χ1n) is 7.14. The molecule has 0 aliphatic heterocycles. The SMILES string of the molecule is NS(=O)(=O)c1cc(F)c(-c2cc(C(F)F)nn2-c2ccccc2)cc1F. The molecule has 0 spiro atoms. The smallest absolute Gasteiger partial charge is 0.233 e. The lowest BCUT2D eigenvalue weighted by Crippen LogP contribution is -2.14. The predicted octanol–water partition coefficient (Wildman–Crippen LogP) is 3.40. The lowest BCUT2D eigenvalue weighted by molar-refractivity contribution is 0.145. The van der Waals surface area contributed by atoms with Gasteiger partial charge in [0.25, 0.3) is 6.43 Å². The number of nitrogens with zero attached hydrogens (tertiary/aromatic N) is 2. The third kappa shape index (κ3) is 3.33. The molecule has 0 amide bonds. The van der Waals surface area contributed by atoms with Crippen LogP contribution in [0.5, 0.6) is 0 Å². The number of hydrogen-bond donors (Lipinski definition) is 1. The Morgan fingerprint density at radius 1 is 1.00 bits per heavy atom. The number of para-hydroxylation sites is 1. The summed E-state index contributed by atoms with van der Waals surface area (Å²) >= 11 is 0. The molecule has 0 radical (unpaired) electrons. The van der Waals surface area contributed by atoms with Crippen LogP contribution in [-0.2, 0) is 10.0 Å². The average molecular weight is 385 g/mol. The molecule has 0 unspecified atom stereocenters. The first kappa shape index (κ1) is 18.1. The third-order valence-corrected chi connectivity index (χ3v) is 4.48. The van der Waals surface area contributed by atoms with E-state index in [2.05, 4.69) is 5.10 Å². The van der Waals surface area contributed by atoms with Crippen molar-refractivity contribution < 1.29 is 26.0 Å². The van der Waals surface area contributed by atoms with E-state index in [0.717, 1.165) is 10.7 Å². The molecule has 2 N–H and O–H groups in total. The topological polar surface area (TPSA) is 78.0 Å². The minimum absolute atomic E-state index is 0.163. The molecule has 3 rings (SSSR count). The van der Waals surface area contributed by atoms with Gasteiger partial charge in [0.2, 0.25) is 10.0 Å². The van der Waals surface area contributed by atoms with Crippen LogP contribution in [0.2, 0.25) is 0 Å². The van der Waals surface area contributed by atoms with Crippen LogP contribution in [-0.4, -0.2) is 18.2 Å². The van der Waals surface area contributed by atoms with E-state index < -0.39 is 44.2 Å². The Bertz CT molecular complexity index is 1070. The Labute approximate surface area is 145 Å². The quantitative estimate of drug-likeness (QED) is 0.699. The van der Waals surface area contributed by atoms with Crippen LogP contribution in [0.25, 0.3) is 16.9 Å². The highest BCUT2D eigenvalue weighted by Crippen LogP contribution is 2.32. The van der Waals surface area contributed by atoms with Crippen LogP contribution >= 0.6 is 0 Å². The monoisotopic (exact) mass is 385 g/mol. The molecule has 0 saturated carbocycles. The minimum atomic E-state index is -4.48. The van der Waals surface area contributed by atoms with Crippen molar-refractivity contribution in [1.29, 1.82) is 0 Å². The maximum Gasteiger partial charge on any atom is 0.282 e. The molecule has 1 heterocycles. The van der Waals surface area contributed by atoms with E-state index in [0.29, 0.717) is 17.8 Å². The van der Waals surface area contributed by atoms with Gasteiger partial charge in [-0.25, -0.2) is 35.8 Å². The van der Waals surface area contributed by atoms with Crippen LogP contribution in [0.15, 0.2) is 53.4 Å². The normalized spacial score (nSPS) is 11.9. The van der Waals surface area contributed by atoms with Gasteiger partial charge in [-0.15, -0.1) is 0 Å². The average Bonchev–Trinajstić information content (AvgIpc) is 3.02. The van der Waals surface area contributed by atoms with Gasteiger partial charge in [0, 0.05) is 5.56 Å². The third-order valence-electron chi connectivity index (χ3n) is 3.56. The summed E-state index contributed by atoms with van der Waals surface area (Å²) in [6.07, 6.45) is -2.93. The lowest BCUT2D eigenvalue weighted by Gasteiger charge is -2.10. The van der Waals surface area contributed by atoms with E-state index in [4.69, 9.17) is 5.14 Å². The van der Waals surface area contributed by atoms with Crippen molar-refractivity contribution in [3.05, 3.63) is 65.9 Å². The fraction of sp³-hybridized carbons (Fsp3) is 0.0625. The Morgan fingerprint density at radius 2 is 1.65 bits per heavy atom. The molecule has 5 nitrogen and oxygen atoms in total. The molecule has 0 aliphatic carbocycles. The summed E-state index contributed by atoms with van der Waals surface area (Å²) in [5.74, 6) is -2.45. The van der Waals surface area contributed by atoms with Gasteiger partial charge in [0.15, 0.2) is 0 Å². The summed E-state index contributed by atoms with van der Waals surface area (Å²) in [5, 5.41) is 8.56. The van der Waals surface area contributed by atoms with Gasteiger partial charge >= 0.3 is 0 Å². The van der Waals surface area contributed by atoms with E-state index >= 15 is 0 Å². The maximum absolute atomic E-state index is 14.4. The van der Waals surface area contributed by atoms with Crippen molar-refractivity contribution in [2.75, 3.05) is 0 Å². The number of halogens is 4. The number of rotatable bonds is 4. The Hall–Kier alpha value is -2.72. The largest absolute Gasteiger partial charge is 0.282 e. The van der Waals surface area contributed by atoms with Gasteiger partial charge in [-0.3, -0.25) is 0 Å². The second kappa shape index (κ2) is 6.54. The van der Waals surface area contributed by atoms with Crippen molar-refractivity contribution in [2.45, 2.75) is 11.3 Å². The summed E-state index contributed by atoms with van der Waals surface area (Å²) < 4.78 is 78.3. The van der Waals surface area contributed by atoms with Crippen molar-refractivity contribution in [3.63, 3.8) is 0 Å². The highest BCUT2D eigenvalue weighted by molar-refractivity contribution is 7.89. The maximum atomic E-state index is 14.4. The molecule has 26 heavy (non-hydrogen) atoms. The zero-order chi connectivity index (χ0) is 19.1. The van der Waals surface area contributed by atoms with Gasteiger partial charge in [-0.05, 0) is 30.3 Å². The van der Waals surface area contributed by atoms with Crippen molar-refractivity contribution in [2.24, 2.45) is 5.14 Å². The summed E-state index contributed by atoms with van der Waals surface area (Å²) in [5.41, 5.74) is -0.897. The van der Waals surface area contributed by atoms with Gasteiger partial charge in [0.1, 0.15) is 22.2 Å². The summed E-state index contributed by atoms with van der Waals surface area (Å²) in [4.78, 5) is -1.03. The molecule has 0 saturated heterocycles. The number of sulfonamides is 1. The molecular formula is C16H11F4N3O2S. The molecule has 0 atom stereocenters. The van der Waals surface area contributed by atoms with E-state index in [1.807, 2.05) is 0 Å². The fourth-order valence-electron chi connectivity index (χ4n) is 2.41. The van der Waals surface area contributed by atoms with Crippen LogP contribution in [0.3, 0.4) is 0 Å². The Morgan fingerprint density at radius 3 is 2.23 bits per heavy atom. The van der Waals surface area contributed by atoms with Gasteiger partial charge < -0.3 is 0 Å². The fourth-order valence-corrected chi connectivity index (χ4v) is 3.01. The molecule has 0 fully saturated rings. The van der Waals surface area contributed by atoms with E-state index in [-0.39, 0.29) is 5.69 Å². The second-order valence-corrected chi connectivity index (χ2v) is 6.84. The molecule has 1 aromatic heterocycles. The zero-order valence-electron chi connectivity index (χ0n) is 12.9. The zero-order valence-corrected chi connectivity index (χ0v) is 13.7. The summed E-state index contributed by atoms with van der Waals surface area (Å²) in [7, 11) is -4.48. The molecule has 10 heteroatoms. The van der Waals surface area contributed by atoms with Crippen molar-refractivity contribution in [3.8, 4) is 16.9 Å². The highest BCUT2D eigenvalue weighted by Gasteiger charge is 2.23. The number of benzene rings is 2. The van der Waals surface area contributed by atoms with Gasteiger partial charge in [-0.2, -0.15) is 5.10 Å². The van der Waals surface area contributed by atoms with E-state index in [1.165, 1.54) is 0 Å². The molecular weight excluding hydrogens is 374 g/mol. The van der Waals surface area contributed by atoms with Crippen molar-refractivity contribution in [1.82, 2.24) is 9.78 Å². The van der Waals surface area contributed by atoms with E-state index in [9.17, 15) is 26.0 Å². The van der Waals surface area contributed by atoms with Crippen LogP contribution in [0, 0.1) is 11.6 Å². The molecule has 3 aromatic rings. The number of alkyl halides is 2. The molecule has 136 valence electrons. The summed E-state index contributed by atoms with van der Waals surface area (Å²) in [6, 6.07) is 9.89. The predicted molar refractivity (Wildman–Crippen MR) is 85.2 cm³/mol. The van der Waals surface area contributed by atoms with Crippen LogP contribution in [0.4, 0.5) is 17.6 Å². The minimum Gasteiger partial charge on any atom is -0.233 e. The van der Waals surface area contributed by atoms with Gasteiger partial charge in [-0.1, -0.05) is 18.2 Å². The summed E-state index contributed by atoms with van der Waals surface area (Å²) in [6.45, 7) is 0. The molecule has 0 aliphatic rings. The first-order chi connectivity index (χ1) is 12.2.